The van der Waals surface area contributed by atoms with Crippen molar-refractivity contribution in [3.05, 3.63) is 52.5 Å². The third-order valence-electron chi connectivity index (χ3n) is 5.07. The first kappa shape index (κ1) is 20.5. The van der Waals surface area contributed by atoms with Crippen LogP contribution in [0, 0.1) is 5.92 Å². The summed E-state index contributed by atoms with van der Waals surface area (Å²) in [6.45, 7) is 0. The van der Waals surface area contributed by atoms with Crippen LogP contribution in [-0.2, 0) is 24.7 Å². The minimum atomic E-state index is -4.10. The van der Waals surface area contributed by atoms with Crippen LogP contribution in [0.4, 0.5) is 11.4 Å². The summed E-state index contributed by atoms with van der Waals surface area (Å²) in [7, 11) is -7.33. The second-order valence-electron chi connectivity index (χ2n) is 7.07. The van der Waals surface area contributed by atoms with Gasteiger partial charge in [0.25, 0.3) is 10.0 Å². The molecule has 2 saturated heterocycles. The maximum absolute atomic E-state index is 12.9. The standard InChI is InChI=1S/C18H16Cl2N2O5S2/c19-13-3-1-2-4-15(13)21-29(26,27)17-8-12(5-6-14(17)20)22-16-10-28(24,25)9-11(16)7-18(22)23/h1-6,8,11,16,21H,7,9-10H2/t11-,16+/m1/s1. The minimum Gasteiger partial charge on any atom is -0.308 e. The molecule has 29 heavy (non-hydrogen) atoms. The Bertz CT molecular complexity index is 1210. The summed E-state index contributed by atoms with van der Waals surface area (Å²) in [5, 5.41) is 0.188. The van der Waals surface area contributed by atoms with Crippen molar-refractivity contribution in [3.8, 4) is 0 Å². The van der Waals surface area contributed by atoms with Crippen molar-refractivity contribution >= 4 is 60.3 Å². The van der Waals surface area contributed by atoms with E-state index in [1.807, 2.05) is 0 Å². The predicted molar refractivity (Wildman–Crippen MR) is 112 cm³/mol. The van der Waals surface area contributed by atoms with Crippen LogP contribution in [0.1, 0.15) is 6.42 Å². The van der Waals surface area contributed by atoms with Gasteiger partial charge in [-0.05, 0) is 30.3 Å². The fraction of sp³-hybridized carbons (Fsp3) is 0.278. The van der Waals surface area contributed by atoms with E-state index in [4.69, 9.17) is 23.2 Å². The summed E-state index contributed by atoms with van der Waals surface area (Å²) in [4.78, 5) is 13.6. The van der Waals surface area contributed by atoms with Crippen LogP contribution >= 0.6 is 23.2 Å². The van der Waals surface area contributed by atoms with Gasteiger partial charge in [0, 0.05) is 18.0 Å². The SMILES string of the molecule is O=C1C[C@@H]2CS(=O)(=O)C[C@@H]2N1c1ccc(Cl)c(S(=O)(=O)Nc2ccccc2Cl)c1. The Balaban J connectivity index is 1.71. The van der Waals surface area contributed by atoms with Crippen LogP contribution in [0.25, 0.3) is 0 Å². The van der Waals surface area contributed by atoms with E-state index in [-0.39, 0.29) is 50.4 Å². The Morgan fingerprint density at radius 3 is 2.48 bits per heavy atom. The van der Waals surface area contributed by atoms with Crippen LogP contribution < -0.4 is 9.62 Å². The topological polar surface area (TPSA) is 101 Å². The fourth-order valence-electron chi connectivity index (χ4n) is 3.82. The van der Waals surface area contributed by atoms with E-state index in [0.717, 1.165) is 0 Å². The lowest BCUT2D eigenvalue weighted by atomic mass is 10.1. The molecule has 0 unspecified atom stereocenters. The van der Waals surface area contributed by atoms with E-state index in [1.54, 1.807) is 18.2 Å². The number of hydrogen-bond donors (Lipinski definition) is 1. The molecule has 2 fully saturated rings. The van der Waals surface area contributed by atoms with E-state index in [0.29, 0.717) is 5.69 Å². The molecule has 2 aliphatic rings. The van der Waals surface area contributed by atoms with E-state index in [1.165, 1.54) is 29.2 Å². The third-order valence-corrected chi connectivity index (χ3v) is 9.04. The Morgan fingerprint density at radius 2 is 1.76 bits per heavy atom. The van der Waals surface area contributed by atoms with Crippen molar-refractivity contribution in [1.82, 2.24) is 0 Å². The van der Waals surface area contributed by atoms with Gasteiger partial charge in [-0.25, -0.2) is 16.8 Å². The molecule has 1 N–H and O–H groups in total. The van der Waals surface area contributed by atoms with Crippen LogP contribution in [0.3, 0.4) is 0 Å². The summed E-state index contributed by atoms with van der Waals surface area (Å²) in [5.41, 5.74) is 0.485. The first-order chi connectivity index (χ1) is 13.6. The van der Waals surface area contributed by atoms with Crippen molar-refractivity contribution in [1.29, 1.82) is 0 Å². The maximum Gasteiger partial charge on any atom is 0.263 e. The summed E-state index contributed by atoms with van der Waals surface area (Å²) in [6.07, 6.45) is 0.118. The summed E-state index contributed by atoms with van der Waals surface area (Å²) in [6, 6.07) is 10.0. The van der Waals surface area contributed by atoms with E-state index in [2.05, 4.69) is 4.72 Å². The first-order valence-corrected chi connectivity index (χ1v) is 12.7. The molecule has 0 aliphatic carbocycles. The average Bonchev–Trinajstić information content (AvgIpc) is 3.07. The summed E-state index contributed by atoms with van der Waals surface area (Å²) in [5.74, 6) is -0.692. The number of rotatable bonds is 4. The average molecular weight is 475 g/mol. The van der Waals surface area contributed by atoms with Gasteiger partial charge in [0.2, 0.25) is 5.91 Å². The number of sulfone groups is 1. The number of nitrogens with one attached hydrogen (secondary N) is 1. The van der Waals surface area contributed by atoms with Gasteiger partial charge < -0.3 is 4.90 Å². The van der Waals surface area contributed by atoms with Gasteiger partial charge in [0.15, 0.2) is 9.84 Å². The highest BCUT2D eigenvalue weighted by molar-refractivity contribution is 7.93. The van der Waals surface area contributed by atoms with Crippen LogP contribution in [0.5, 0.6) is 0 Å². The van der Waals surface area contributed by atoms with Gasteiger partial charge in [0.1, 0.15) is 4.90 Å². The highest BCUT2D eigenvalue weighted by Crippen LogP contribution is 2.39. The van der Waals surface area contributed by atoms with E-state index < -0.39 is 25.9 Å². The van der Waals surface area contributed by atoms with Gasteiger partial charge in [-0.15, -0.1) is 0 Å². The Kier molecular flexibility index (Phi) is 5.05. The molecule has 1 amide bonds. The lowest BCUT2D eigenvalue weighted by molar-refractivity contribution is -0.117. The Morgan fingerprint density at radius 1 is 1.03 bits per heavy atom. The molecule has 0 saturated carbocycles. The number of para-hydroxylation sites is 1. The lowest BCUT2D eigenvalue weighted by Gasteiger charge is -2.24. The molecule has 2 aliphatic heterocycles. The molecule has 2 atom stereocenters. The molecule has 0 spiro atoms. The van der Waals surface area contributed by atoms with Crippen molar-refractivity contribution in [2.75, 3.05) is 21.1 Å². The molecule has 0 bridgehead atoms. The number of sulfonamides is 1. The molecule has 2 aromatic carbocycles. The number of halogens is 2. The second kappa shape index (κ2) is 7.16. The number of amides is 1. The number of fused-ring (bicyclic) bond motifs is 1. The van der Waals surface area contributed by atoms with Gasteiger partial charge in [-0.1, -0.05) is 35.3 Å². The molecule has 0 aromatic heterocycles. The summed E-state index contributed by atoms with van der Waals surface area (Å²) >= 11 is 12.2. The smallest absolute Gasteiger partial charge is 0.263 e. The van der Waals surface area contributed by atoms with Crippen molar-refractivity contribution < 1.29 is 21.6 Å². The zero-order valence-electron chi connectivity index (χ0n) is 14.9. The largest absolute Gasteiger partial charge is 0.308 e. The van der Waals surface area contributed by atoms with Gasteiger partial charge in [-0.3, -0.25) is 9.52 Å². The normalized spacial score (nSPS) is 23.2. The van der Waals surface area contributed by atoms with E-state index >= 15 is 0 Å². The Hall–Kier alpha value is -1.81. The number of carbonyl (C=O) groups excluding carboxylic acids is 1. The molecule has 2 heterocycles. The number of benzene rings is 2. The van der Waals surface area contributed by atoms with Gasteiger partial charge in [0.05, 0.1) is 33.3 Å². The molecule has 11 heteroatoms. The first-order valence-electron chi connectivity index (χ1n) is 8.67. The molecule has 0 radical (unpaired) electrons. The monoisotopic (exact) mass is 474 g/mol. The number of hydrogen-bond acceptors (Lipinski definition) is 5. The number of anilines is 2. The lowest BCUT2D eigenvalue weighted by Crippen LogP contribution is -2.36. The van der Waals surface area contributed by atoms with Gasteiger partial charge >= 0.3 is 0 Å². The van der Waals surface area contributed by atoms with E-state index in [9.17, 15) is 21.6 Å². The summed E-state index contributed by atoms with van der Waals surface area (Å²) < 4.78 is 52.1. The minimum absolute atomic E-state index is 0.0319. The van der Waals surface area contributed by atoms with Crippen molar-refractivity contribution in [2.45, 2.75) is 17.4 Å². The molecule has 7 nitrogen and oxygen atoms in total. The zero-order valence-corrected chi connectivity index (χ0v) is 18.0. The molecule has 4 rings (SSSR count). The quantitative estimate of drug-likeness (QED) is 0.733. The highest BCUT2D eigenvalue weighted by Gasteiger charge is 2.49. The van der Waals surface area contributed by atoms with Crippen molar-refractivity contribution in [2.24, 2.45) is 5.92 Å². The molecular formula is C18H16Cl2N2O5S2. The van der Waals surface area contributed by atoms with Crippen molar-refractivity contribution in [3.63, 3.8) is 0 Å². The third kappa shape index (κ3) is 3.84. The zero-order chi connectivity index (χ0) is 21.0. The molecular weight excluding hydrogens is 459 g/mol. The highest BCUT2D eigenvalue weighted by atomic mass is 35.5. The maximum atomic E-state index is 12.9. The molecule has 2 aromatic rings. The van der Waals surface area contributed by atoms with Crippen LogP contribution in [-0.4, -0.2) is 40.3 Å². The predicted octanol–water partition coefficient (Wildman–Crippen LogP) is 2.94. The number of carbonyl (C=O) groups is 1. The Labute approximate surface area is 178 Å². The number of nitrogens with zero attached hydrogens (tertiary/aromatic N) is 1. The van der Waals surface area contributed by atoms with Gasteiger partial charge in [-0.2, -0.15) is 0 Å². The fourth-order valence-corrected chi connectivity index (χ4v) is 7.73. The van der Waals surface area contributed by atoms with Crippen LogP contribution in [0.15, 0.2) is 47.4 Å². The molecule has 154 valence electrons. The van der Waals surface area contributed by atoms with Crippen LogP contribution in [0.2, 0.25) is 10.0 Å². The second-order valence-corrected chi connectivity index (χ2v) is 11.7.